The number of hydrogen-bond donors (Lipinski definition) is 0. The number of aryl methyl sites for hydroxylation is 2. The Morgan fingerprint density at radius 3 is 2.52 bits per heavy atom. The van der Waals surface area contributed by atoms with Gasteiger partial charge in [-0.15, -0.1) is 0 Å². The lowest BCUT2D eigenvalue weighted by molar-refractivity contribution is -0.141. The van der Waals surface area contributed by atoms with E-state index < -0.39 is 0 Å². The zero-order valence-corrected chi connectivity index (χ0v) is 18.8. The molecular formula is C25H31N3O3. The predicted octanol–water partition coefficient (Wildman–Crippen LogP) is 3.87. The molecule has 0 saturated carbocycles. The number of hydrazone groups is 1. The highest BCUT2D eigenvalue weighted by molar-refractivity contribution is 6.03. The molecule has 2 aromatic rings. The molecule has 1 atom stereocenters. The molecule has 2 amide bonds. The zero-order valence-electron chi connectivity index (χ0n) is 18.8. The molecule has 0 saturated heterocycles. The molecule has 6 nitrogen and oxygen atoms in total. The van der Waals surface area contributed by atoms with Crippen molar-refractivity contribution in [1.82, 2.24) is 9.91 Å². The van der Waals surface area contributed by atoms with E-state index in [4.69, 9.17) is 9.84 Å². The van der Waals surface area contributed by atoms with Crippen LogP contribution in [-0.4, -0.2) is 54.2 Å². The molecule has 6 heteroatoms. The van der Waals surface area contributed by atoms with Gasteiger partial charge in [-0.1, -0.05) is 49.4 Å². The van der Waals surface area contributed by atoms with Crippen molar-refractivity contribution in [2.75, 3.05) is 26.8 Å². The van der Waals surface area contributed by atoms with E-state index in [0.717, 1.165) is 16.8 Å². The van der Waals surface area contributed by atoms with Crippen molar-refractivity contribution in [3.63, 3.8) is 0 Å². The van der Waals surface area contributed by atoms with Gasteiger partial charge in [-0.3, -0.25) is 9.59 Å². The van der Waals surface area contributed by atoms with E-state index in [1.807, 2.05) is 30.3 Å². The highest BCUT2D eigenvalue weighted by Gasteiger charge is 2.34. The summed E-state index contributed by atoms with van der Waals surface area (Å²) in [5.41, 5.74) is 5.36. The molecule has 1 aliphatic rings. The van der Waals surface area contributed by atoms with Crippen LogP contribution in [0.3, 0.4) is 0 Å². The van der Waals surface area contributed by atoms with Gasteiger partial charge in [0.25, 0.3) is 5.91 Å². The Balaban J connectivity index is 1.89. The first-order valence-corrected chi connectivity index (χ1v) is 10.7. The summed E-state index contributed by atoms with van der Waals surface area (Å²) in [7, 11) is 1.59. The number of ether oxygens (including phenoxy) is 1. The van der Waals surface area contributed by atoms with E-state index >= 15 is 0 Å². The lowest BCUT2D eigenvalue weighted by Gasteiger charge is -2.26. The minimum atomic E-state index is -0.189. The molecule has 0 radical (unpaired) electrons. The van der Waals surface area contributed by atoms with Crippen LogP contribution in [0.4, 0.5) is 0 Å². The van der Waals surface area contributed by atoms with Gasteiger partial charge < -0.3 is 9.64 Å². The van der Waals surface area contributed by atoms with Crippen molar-refractivity contribution in [1.29, 1.82) is 0 Å². The van der Waals surface area contributed by atoms with E-state index in [-0.39, 0.29) is 24.4 Å². The van der Waals surface area contributed by atoms with Crippen LogP contribution in [0.1, 0.15) is 48.1 Å². The molecule has 0 unspecified atom stereocenters. The van der Waals surface area contributed by atoms with Crippen molar-refractivity contribution >= 4 is 17.5 Å². The Hall–Kier alpha value is -2.99. The first kappa shape index (κ1) is 22.7. The summed E-state index contributed by atoms with van der Waals surface area (Å²) in [6, 6.07) is 16.0. The monoisotopic (exact) mass is 421 g/mol. The van der Waals surface area contributed by atoms with Gasteiger partial charge in [-0.2, -0.15) is 5.10 Å². The summed E-state index contributed by atoms with van der Waals surface area (Å²) >= 11 is 0. The Morgan fingerprint density at radius 1 is 1.13 bits per heavy atom. The number of nitrogens with zero attached hydrogens (tertiary/aromatic N) is 3. The van der Waals surface area contributed by atoms with Crippen molar-refractivity contribution in [2.24, 2.45) is 5.10 Å². The number of carbonyl (C=O) groups excluding carboxylic acids is 2. The highest BCUT2D eigenvalue weighted by Crippen LogP contribution is 2.33. The number of benzene rings is 2. The Labute approximate surface area is 184 Å². The first-order chi connectivity index (χ1) is 14.9. The van der Waals surface area contributed by atoms with Crippen LogP contribution in [0.2, 0.25) is 0 Å². The number of amides is 2. The fourth-order valence-electron chi connectivity index (χ4n) is 3.72. The minimum absolute atomic E-state index is 0.0108. The van der Waals surface area contributed by atoms with Crippen LogP contribution in [-0.2, 0) is 14.3 Å². The van der Waals surface area contributed by atoms with Crippen molar-refractivity contribution < 1.29 is 14.3 Å². The molecule has 0 aromatic heterocycles. The molecule has 31 heavy (non-hydrogen) atoms. The number of rotatable bonds is 8. The van der Waals surface area contributed by atoms with Gasteiger partial charge in [-0.25, -0.2) is 5.01 Å². The van der Waals surface area contributed by atoms with Crippen molar-refractivity contribution in [2.45, 2.75) is 39.7 Å². The van der Waals surface area contributed by atoms with Gasteiger partial charge in [0.15, 0.2) is 0 Å². The summed E-state index contributed by atoms with van der Waals surface area (Å²) in [4.78, 5) is 27.2. The Morgan fingerprint density at radius 2 is 1.87 bits per heavy atom. The van der Waals surface area contributed by atoms with Crippen molar-refractivity contribution in [3.05, 3.63) is 70.8 Å². The lowest BCUT2D eigenvalue weighted by atomic mass is 9.96. The van der Waals surface area contributed by atoms with Gasteiger partial charge >= 0.3 is 0 Å². The molecular weight excluding hydrogens is 390 g/mol. The largest absolute Gasteiger partial charge is 0.383 e. The van der Waals surface area contributed by atoms with Crippen molar-refractivity contribution in [3.8, 4) is 0 Å². The van der Waals surface area contributed by atoms with Crippen LogP contribution in [0.5, 0.6) is 0 Å². The van der Waals surface area contributed by atoms with Crippen LogP contribution in [0.15, 0.2) is 53.6 Å². The molecule has 0 bridgehead atoms. The second-order valence-corrected chi connectivity index (χ2v) is 7.88. The maximum Gasteiger partial charge on any atom is 0.262 e. The first-order valence-electron chi connectivity index (χ1n) is 10.7. The van der Waals surface area contributed by atoms with E-state index in [2.05, 4.69) is 32.0 Å². The lowest BCUT2D eigenvalue weighted by Crippen LogP contribution is -2.42. The average molecular weight is 422 g/mol. The van der Waals surface area contributed by atoms with E-state index in [1.165, 1.54) is 11.1 Å². The topological polar surface area (TPSA) is 62.2 Å². The molecule has 1 heterocycles. The quantitative estimate of drug-likeness (QED) is 0.650. The molecule has 0 fully saturated rings. The predicted molar refractivity (Wildman–Crippen MR) is 122 cm³/mol. The average Bonchev–Trinajstić information content (AvgIpc) is 3.24. The molecule has 3 rings (SSSR count). The second kappa shape index (κ2) is 10.4. The summed E-state index contributed by atoms with van der Waals surface area (Å²) in [5, 5.41) is 6.29. The number of carbonyl (C=O) groups is 2. The third-order valence-electron chi connectivity index (χ3n) is 5.74. The van der Waals surface area contributed by atoms with Gasteiger partial charge in [0.2, 0.25) is 5.91 Å². The fourth-order valence-corrected chi connectivity index (χ4v) is 3.72. The normalized spacial score (nSPS) is 15.7. The molecule has 0 spiro atoms. The van der Waals surface area contributed by atoms with Crippen LogP contribution < -0.4 is 0 Å². The van der Waals surface area contributed by atoms with Gasteiger partial charge in [-0.05, 0) is 42.2 Å². The molecule has 0 aliphatic carbocycles. The van der Waals surface area contributed by atoms with Crippen LogP contribution in [0, 0.1) is 13.8 Å². The summed E-state index contributed by atoms with van der Waals surface area (Å²) in [6.07, 6.45) is 0.980. The Bertz CT molecular complexity index is 956. The van der Waals surface area contributed by atoms with E-state index in [9.17, 15) is 9.59 Å². The maximum absolute atomic E-state index is 13.3. The van der Waals surface area contributed by atoms with E-state index in [0.29, 0.717) is 26.0 Å². The second-order valence-electron chi connectivity index (χ2n) is 7.88. The van der Waals surface area contributed by atoms with Gasteiger partial charge in [0.1, 0.15) is 6.54 Å². The summed E-state index contributed by atoms with van der Waals surface area (Å²) in [5.74, 6) is -0.259. The smallest absolute Gasteiger partial charge is 0.262 e. The summed E-state index contributed by atoms with van der Waals surface area (Å²) in [6.45, 7) is 6.71. The van der Waals surface area contributed by atoms with Crippen LogP contribution in [0.25, 0.3) is 0 Å². The summed E-state index contributed by atoms with van der Waals surface area (Å²) < 4.78 is 5.11. The SMILES string of the molecule is CCC(=O)N(CCOC)CC(=O)N1N=C(c2ccc(C)c(C)c2)C[C@@H]1c1ccccc1. The number of methoxy groups -OCH3 is 1. The minimum Gasteiger partial charge on any atom is -0.383 e. The molecule has 2 aromatic carbocycles. The van der Waals surface area contributed by atoms with Gasteiger partial charge in [0, 0.05) is 26.5 Å². The third kappa shape index (κ3) is 5.39. The van der Waals surface area contributed by atoms with Gasteiger partial charge in [0.05, 0.1) is 18.4 Å². The zero-order chi connectivity index (χ0) is 22.4. The number of hydrogen-bond acceptors (Lipinski definition) is 4. The fraction of sp³-hybridized carbons (Fsp3) is 0.400. The maximum atomic E-state index is 13.3. The standard InChI is InChI=1S/C25H31N3O3/c1-5-24(29)27(13-14-31-4)17-25(30)28-23(20-9-7-6-8-10-20)16-22(26-28)21-12-11-18(2)19(3)15-21/h6-12,15,23H,5,13-14,16-17H2,1-4H3/t23-/m1/s1. The molecule has 0 N–H and O–H groups in total. The molecule has 164 valence electrons. The Kier molecular flexibility index (Phi) is 7.58. The highest BCUT2D eigenvalue weighted by atomic mass is 16.5. The van der Waals surface area contributed by atoms with E-state index in [1.54, 1.807) is 23.9 Å². The molecule has 1 aliphatic heterocycles. The third-order valence-corrected chi connectivity index (χ3v) is 5.74. The van der Waals surface area contributed by atoms with Crippen LogP contribution >= 0.6 is 0 Å².